The first-order valence-corrected chi connectivity index (χ1v) is 3.85. The minimum absolute atomic E-state index is 1.13. The van der Waals surface area contributed by atoms with Gasteiger partial charge in [0.25, 0.3) is 0 Å². The van der Waals surface area contributed by atoms with E-state index in [9.17, 15) is 0 Å². The molecule has 0 saturated carbocycles. The molecule has 0 radical (unpaired) electrons. The highest BCUT2D eigenvalue weighted by molar-refractivity contribution is 5.70. The van der Waals surface area contributed by atoms with Crippen LogP contribution in [0.5, 0.6) is 0 Å². The zero-order valence-corrected chi connectivity index (χ0v) is 6.70. The number of benzene rings is 1. The van der Waals surface area contributed by atoms with Crippen molar-refractivity contribution in [3.05, 3.63) is 48.8 Å². The largest absolute Gasteiger partial charge is 0.302 e. The molecule has 1 aromatic rings. The Balaban J connectivity index is 2.52. The predicted molar refractivity (Wildman–Crippen MR) is 51.3 cm³/mol. The maximum atomic E-state index is 3.71. The molecule has 0 amide bonds. The average Bonchev–Trinajstić information content (AvgIpc) is 2.17. The first kappa shape index (κ1) is 6.98. The van der Waals surface area contributed by atoms with Crippen molar-refractivity contribution < 1.29 is 0 Å². The van der Waals surface area contributed by atoms with Gasteiger partial charge in [-0.3, -0.25) is 5.01 Å². The summed E-state index contributed by atoms with van der Waals surface area (Å²) in [5, 5.41) is 1.88. The molecule has 0 aliphatic carbocycles. The summed E-state index contributed by atoms with van der Waals surface area (Å²) in [5.41, 5.74) is 5.40. The number of anilines is 1. The third-order valence-corrected chi connectivity index (χ3v) is 1.86. The lowest BCUT2D eigenvalue weighted by molar-refractivity contribution is 0.873. The molecular formula is C10H10N2. The zero-order chi connectivity index (χ0) is 8.39. The number of para-hydroxylation sites is 1. The Kier molecular flexibility index (Phi) is 1.59. The summed E-state index contributed by atoms with van der Waals surface area (Å²) in [6.07, 6.45) is 5.68. The van der Waals surface area contributed by atoms with Crippen LogP contribution in [0.3, 0.4) is 0 Å². The summed E-state index contributed by atoms with van der Waals surface area (Å²) in [7, 11) is 0. The molecule has 60 valence electrons. The average molecular weight is 158 g/mol. The van der Waals surface area contributed by atoms with Crippen molar-refractivity contribution in [1.82, 2.24) is 5.43 Å². The molecule has 2 heteroatoms. The third-order valence-electron chi connectivity index (χ3n) is 1.86. The van der Waals surface area contributed by atoms with Crippen molar-refractivity contribution in [3.8, 4) is 0 Å². The molecule has 1 N–H and O–H groups in total. The van der Waals surface area contributed by atoms with Gasteiger partial charge in [-0.15, -0.1) is 0 Å². The molecule has 1 aliphatic heterocycles. The van der Waals surface area contributed by atoms with Crippen molar-refractivity contribution in [2.45, 2.75) is 0 Å². The van der Waals surface area contributed by atoms with Gasteiger partial charge in [-0.25, -0.2) is 0 Å². The van der Waals surface area contributed by atoms with E-state index in [1.165, 1.54) is 5.56 Å². The second-order valence-corrected chi connectivity index (χ2v) is 2.57. The number of nitrogens with one attached hydrogen (secondary N) is 1. The number of nitrogens with zero attached hydrogens (tertiary/aromatic N) is 1. The van der Waals surface area contributed by atoms with Crippen molar-refractivity contribution in [1.29, 1.82) is 0 Å². The molecule has 2 nitrogen and oxygen atoms in total. The van der Waals surface area contributed by atoms with Crippen LogP contribution in [0.15, 0.2) is 43.2 Å². The fraction of sp³-hybridized carbons (Fsp3) is 0. The normalized spacial score (nSPS) is 13.5. The summed E-state index contributed by atoms with van der Waals surface area (Å²) in [5.74, 6) is 0. The molecule has 0 bridgehead atoms. The second kappa shape index (κ2) is 2.74. The van der Waals surface area contributed by atoms with E-state index in [-0.39, 0.29) is 0 Å². The van der Waals surface area contributed by atoms with E-state index >= 15 is 0 Å². The fourth-order valence-electron chi connectivity index (χ4n) is 1.28. The first-order chi connectivity index (χ1) is 5.92. The molecule has 1 aliphatic rings. The number of hydrogen-bond acceptors (Lipinski definition) is 2. The molecule has 0 atom stereocenters. The first-order valence-electron chi connectivity index (χ1n) is 3.85. The SMILES string of the molecule is C=CN1NC=Cc2ccccc21. The number of fused-ring (bicyclic) bond motifs is 1. The van der Waals surface area contributed by atoms with Crippen LogP contribution in [0.4, 0.5) is 5.69 Å². The number of hydrogen-bond donors (Lipinski definition) is 1. The Morgan fingerprint density at radius 3 is 3.00 bits per heavy atom. The van der Waals surface area contributed by atoms with Crippen LogP contribution in [0, 0.1) is 0 Å². The Morgan fingerprint density at radius 1 is 1.33 bits per heavy atom. The van der Waals surface area contributed by atoms with E-state index in [1.807, 2.05) is 35.5 Å². The van der Waals surface area contributed by atoms with E-state index in [0.717, 1.165) is 5.69 Å². The van der Waals surface area contributed by atoms with E-state index < -0.39 is 0 Å². The molecule has 2 rings (SSSR count). The van der Waals surface area contributed by atoms with Gasteiger partial charge in [-0.2, -0.15) is 0 Å². The van der Waals surface area contributed by atoms with Crippen molar-refractivity contribution in [2.24, 2.45) is 0 Å². The smallest absolute Gasteiger partial charge is 0.0695 e. The molecule has 0 spiro atoms. The summed E-state index contributed by atoms with van der Waals surface area (Å²) in [4.78, 5) is 0. The van der Waals surface area contributed by atoms with Gasteiger partial charge < -0.3 is 5.43 Å². The molecule has 0 aromatic heterocycles. The van der Waals surface area contributed by atoms with Crippen LogP contribution in [0.25, 0.3) is 6.08 Å². The topological polar surface area (TPSA) is 15.3 Å². The monoisotopic (exact) mass is 158 g/mol. The molecule has 1 heterocycles. The van der Waals surface area contributed by atoms with E-state index in [1.54, 1.807) is 6.20 Å². The number of hydrazine groups is 1. The maximum absolute atomic E-state index is 3.71. The van der Waals surface area contributed by atoms with Gasteiger partial charge in [-0.05, 0) is 12.1 Å². The van der Waals surface area contributed by atoms with Crippen LogP contribution >= 0.6 is 0 Å². The summed E-state index contributed by atoms with van der Waals surface area (Å²) >= 11 is 0. The van der Waals surface area contributed by atoms with Gasteiger partial charge >= 0.3 is 0 Å². The van der Waals surface area contributed by atoms with Crippen LogP contribution in [0.2, 0.25) is 0 Å². The van der Waals surface area contributed by atoms with E-state index in [0.29, 0.717) is 0 Å². The quantitative estimate of drug-likeness (QED) is 0.673. The van der Waals surface area contributed by atoms with Gasteiger partial charge in [0.2, 0.25) is 0 Å². The Bertz CT molecular complexity index is 328. The Hall–Kier alpha value is -1.70. The zero-order valence-electron chi connectivity index (χ0n) is 6.70. The standard InChI is InChI=1S/C10H10N2/c1-2-12-10-6-4-3-5-9(10)7-8-11-12/h2-8,11H,1H2. The van der Waals surface area contributed by atoms with Crippen molar-refractivity contribution in [2.75, 3.05) is 5.01 Å². The van der Waals surface area contributed by atoms with E-state index in [4.69, 9.17) is 0 Å². The highest BCUT2D eigenvalue weighted by atomic mass is 15.5. The van der Waals surface area contributed by atoms with Gasteiger partial charge in [0.1, 0.15) is 0 Å². The lowest BCUT2D eigenvalue weighted by Crippen LogP contribution is -2.30. The predicted octanol–water partition coefficient (Wildman–Crippen LogP) is 2.13. The van der Waals surface area contributed by atoms with Gasteiger partial charge in [0.05, 0.1) is 5.69 Å². The molecule has 0 saturated heterocycles. The van der Waals surface area contributed by atoms with Crippen LogP contribution < -0.4 is 10.4 Å². The highest BCUT2D eigenvalue weighted by Crippen LogP contribution is 2.22. The second-order valence-electron chi connectivity index (χ2n) is 2.57. The minimum atomic E-state index is 1.13. The lowest BCUT2D eigenvalue weighted by Gasteiger charge is -2.24. The van der Waals surface area contributed by atoms with Crippen LogP contribution in [-0.2, 0) is 0 Å². The summed E-state index contributed by atoms with van der Waals surface area (Å²) in [6.45, 7) is 3.71. The molecule has 0 unspecified atom stereocenters. The number of rotatable bonds is 1. The highest BCUT2D eigenvalue weighted by Gasteiger charge is 2.07. The van der Waals surface area contributed by atoms with E-state index in [2.05, 4.69) is 18.1 Å². The molecule has 0 fully saturated rings. The van der Waals surface area contributed by atoms with Crippen molar-refractivity contribution >= 4 is 11.8 Å². The Morgan fingerprint density at radius 2 is 2.17 bits per heavy atom. The van der Waals surface area contributed by atoms with Crippen molar-refractivity contribution in [3.63, 3.8) is 0 Å². The maximum Gasteiger partial charge on any atom is 0.0695 e. The van der Waals surface area contributed by atoms with Gasteiger partial charge in [0.15, 0.2) is 0 Å². The summed E-state index contributed by atoms with van der Waals surface area (Å²) in [6, 6.07) is 8.16. The van der Waals surface area contributed by atoms with Gasteiger partial charge in [0, 0.05) is 18.0 Å². The fourth-order valence-corrected chi connectivity index (χ4v) is 1.28. The molecule has 1 aromatic carbocycles. The third kappa shape index (κ3) is 0.975. The minimum Gasteiger partial charge on any atom is -0.302 e. The summed E-state index contributed by atoms with van der Waals surface area (Å²) < 4.78 is 0. The Labute approximate surface area is 71.8 Å². The van der Waals surface area contributed by atoms with Gasteiger partial charge in [-0.1, -0.05) is 24.8 Å². The van der Waals surface area contributed by atoms with Crippen LogP contribution in [0.1, 0.15) is 5.56 Å². The molecule has 12 heavy (non-hydrogen) atoms. The molecular weight excluding hydrogens is 148 g/mol. The lowest BCUT2D eigenvalue weighted by atomic mass is 10.1. The van der Waals surface area contributed by atoms with Crippen LogP contribution in [-0.4, -0.2) is 0 Å².